The van der Waals surface area contributed by atoms with Crippen molar-refractivity contribution >= 4 is 46.7 Å². The van der Waals surface area contributed by atoms with E-state index in [1.807, 2.05) is 0 Å². The molecule has 234 valence electrons. The van der Waals surface area contributed by atoms with Crippen LogP contribution in [0.3, 0.4) is 0 Å². The van der Waals surface area contributed by atoms with Gasteiger partial charge in [-0.1, -0.05) is 17.9 Å². The number of aryl methyl sites for hydroxylation is 1. The Balaban J connectivity index is 1.19. The minimum atomic E-state index is -4.15. The maximum absolute atomic E-state index is 15.2. The number of hydrogen-bond acceptors (Lipinski definition) is 14. The van der Waals surface area contributed by atoms with E-state index in [0.29, 0.717) is 22.4 Å². The lowest BCUT2D eigenvalue weighted by Gasteiger charge is -2.25. The van der Waals surface area contributed by atoms with E-state index in [1.165, 1.54) is 35.1 Å². The SMILES string of the molecule is C=C1[C@@H](OP(O)(=S)OC[C@H]2O[C@@H](n3cnc4c(C)ncnc43)[C@H](F)[C@@H]2O)[C@H](n2nnc3c(C(=O)OC)cccc32)O[C@@H]1CO. The van der Waals surface area contributed by atoms with Crippen molar-refractivity contribution in [3.63, 3.8) is 0 Å². The van der Waals surface area contributed by atoms with Gasteiger partial charge < -0.3 is 33.8 Å². The highest BCUT2D eigenvalue weighted by Crippen LogP contribution is 2.51. The number of ether oxygens (including phenoxy) is 3. The molecule has 2 aliphatic rings. The van der Waals surface area contributed by atoms with Gasteiger partial charge in [-0.15, -0.1) is 5.10 Å². The Morgan fingerprint density at radius 2 is 2.02 bits per heavy atom. The first-order valence-corrected chi connectivity index (χ1v) is 15.8. The van der Waals surface area contributed by atoms with Crippen molar-refractivity contribution in [2.75, 3.05) is 20.3 Å². The molecule has 19 heteroatoms. The Morgan fingerprint density at radius 1 is 1.23 bits per heavy atom. The summed E-state index contributed by atoms with van der Waals surface area (Å²) < 4.78 is 45.6. The summed E-state index contributed by atoms with van der Waals surface area (Å²) in [5, 5.41) is 28.6. The molecule has 1 aromatic carbocycles. The van der Waals surface area contributed by atoms with Gasteiger partial charge >= 0.3 is 12.7 Å². The molecule has 0 aliphatic carbocycles. The highest BCUT2D eigenvalue weighted by Gasteiger charge is 2.48. The molecule has 2 saturated heterocycles. The van der Waals surface area contributed by atoms with Crippen molar-refractivity contribution < 1.29 is 47.5 Å². The maximum Gasteiger partial charge on any atom is 0.340 e. The smallest absolute Gasteiger partial charge is 0.340 e. The number of hydrogen-bond donors (Lipinski definition) is 3. The van der Waals surface area contributed by atoms with Gasteiger partial charge in [0.1, 0.15) is 41.8 Å². The fraction of sp³-hybridized carbons (Fsp3) is 0.440. The summed E-state index contributed by atoms with van der Waals surface area (Å²) in [5.74, 6) is -0.626. The standard InChI is InChI=1S/C25H27FN7O9PS/c1-11-15(7-34)40-24(33-14-6-4-5-13(25(36)38-3)19(14)30-31-33)21(11)42-43(37,44)39-8-16-20(35)17(26)23(41-16)32-10-29-18-12(2)27-9-28-22(18)32/h4-6,9-10,15-17,20-21,23-24,34-35H,1,7-8H2,2-3H3,(H,37,44)/t15-,16-,17-,20-,21-,23-,24-,43?/m1/s1. The second-order valence-electron chi connectivity index (χ2n) is 10.0. The summed E-state index contributed by atoms with van der Waals surface area (Å²) in [7, 11) is 1.23. The Kier molecular flexibility index (Phi) is 8.29. The summed E-state index contributed by atoms with van der Waals surface area (Å²) in [5.41, 5.74) is 2.32. The third-order valence-electron chi connectivity index (χ3n) is 7.41. The summed E-state index contributed by atoms with van der Waals surface area (Å²) >= 11 is 5.24. The van der Waals surface area contributed by atoms with Crippen LogP contribution in [0.15, 0.2) is 43.0 Å². The maximum atomic E-state index is 15.2. The average Bonchev–Trinajstić information content (AvgIpc) is 3.77. The van der Waals surface area contributed by atoms with Crippen molar-refractivity contribution in [1.82, 2.24) is 34.5 Å². The number of aliphatic hydroxyl groups is 2. The molecule has 0 amide bonds. The van der Waals surface area contributed by atoms with E-state index >= 15 is 4.39 Å². The van der Waals surface area contributed by atoms with Crippen LogP contribution in [0.25, 0.3) is 22.2 Å². The van der Waals surface area contributed by atoms with Crippen LogP contribution in [0.5, 0.6) is 0 Å². The largest absolute Gasteiger partial charge is 0.465 e. The van der Waals surface area contributed by atoms with Gasteiger partial charge in [-0.3, -0.25) is 9.09 Å². The molecule has 2 aliphatic heterocycles. The van der Waals surface area contributed by atoms with Crippen LogP contribution in [0.1, 0.15) is 28.5 Å². The number of alkyl halides is 1. The van der Waals surface area contributed by atoms with Crippen molar-refractivity contribution in [3.8, 4) is 0 Å². The Bertz CT molecular complexity index is 1790. The lowest BCUT2D eigenvalue weighted by molar-refractivity contribution is -0.0592. The number of aromatic nitrogens is 7. The van der Waals surface area contributed by atoms with E-state index in [2.05, 4.69) is 31.8 Å². The summed E-state index contributed by atoms with van der Waals surface area (Å²) in [6, 6.07) is 4.74. The third kappa shape index (κ3) is 5.31. The Morgan fingerprint density at radius 3 is 2.77 bits per heavy atom. The molecule has 3 aromatic heterocycles. The number of benzene rings is 1. The number of methoxy groups -OCH3 is 1. The quantitative estimate of drug-likeness (QED) is 0.132. The molecule has 3 N–H and O–H groups in total. The molecule has 1 unspecified atom stereocenters. The van der Waals surface area contributed by atoms with Crippen molar-refractivity contribution in [2.24, 2.45) is 0 Å². The van der Waals surface area contributed by atoms with Crippen molar-refractivity contribution in [2.45, 2.75) is 50.0 Å². The predicted molar refractivity (Wildman–Crippen MR) is 151 cm³/mol. The molecule has 0 spiro atoms. The zero-order chi connectivity index (χ0) is 31.3. The van der Waals surface area contributed by atoms with E-state index in [1.54, 1.807) is 19.1 Å². The molecule has 0 radical (unpaired) electrons. The van der Waals surface area contributed by atoms with Gasteiger partial charge in [0.25, 0.3) is 0 Å². The van der Waals surface area contributed by atoms with Gasteiger partial charge in [0, 0.05) is 0 Å². The van der Waals surface area contributed by atoms with Gasteiger partial charge in [-0.05, 0) is 36.4 Å². The van der Waals surface area contributed by atoms with Gasteiger partial charge in [-0.25, -0.2) is 28.8 Å². The molecule has 16 nitrogen and oxygen atoms in total. The minimum Gasteiger partial charge on any atom is -0.465 e. The van der Waals surface area contributed by atoms with E-state index < -0.39 is 68.9 Å². The first kappa shape index (κ1) is 30.7. The van der Waals surface area contributed by atoms with Gasteiger partial charge in [0.2, 0.25) is 0 Å². The minimum absolute atomic E-state index is 0.158. The van der Waals surface area contributed by atoms with E-state index in [4.69, 9.17) is 35.1 Å². The fourth-order valence-corrected chi connectivity index (χ4v) is 6.53. The highest BCUT2D eigenvalue weighted by atomic mass is 32.5. The molecule has 4 aromatic rings. The third-order valence-corrected chi connectivity index (χ3v) is 8.96. The number of rotatable bonds is 9. The lowest BCUT2D eigenvalue weighted by Crippen LogP contribution is -2.31. The van der Waals surface area contributed by atoms with E-state index in [9.17, 15) is 19.9 Å². The van der Waals surface area contributed by atoms with Crippen LogP contribution in [0.2, 0.25) is 0 Å². The van der Waals surface area contributed by atoms with Gasteiger partial charge in [-0.2, -0.15) is 0 Å². The Labute approximate surface area is 253 Å². The topological polar surface area (TPSA) is 198 Å². The first-order chi connectivity index (χ1) is 21.0. The van der Waals surface area contributed by atoms with Crippen LogP contribution in [-0.2, 0) is 35.1 Å². The average molecular weight is 652 g/mol. The van der Waals surface area contributed by atoms with E-state index in [0.717, 1.165) is 0 Å². The summed E-state index contributed by atoms with van der Waals surface area (Å²) in [4.78, 5) is 35.7. The lowest BCUT2D eigenvalue weighted by atomic mass is 10.1. The number of imidazole rings is 1. The van der Waals surface area contributed by atoms with Crippen molar-refractivity contribution in [3.05, 3.63) is 54.3 Å². The number of fused-ring (bicyclic) bond motifs is 2. The van der Waals surface area contributed by atoms with Crippen LogP contribution in [-0.4, -0.2) is 106 Å². The number of carbonyl (C=O) groups excluding carboxylic acids is 1. The Hall–Kier alpha value is -3.32. The fourth-order valence-electron chi connectivity index (χ4n) is 5.15. The predicted octanol–water partition coefficient (Wildman–Crippen LogP) is 1.03. The van der Waals surface area contributed by atoms with Crippen molar-refractivity contribution in [1.29, 1.82) is 0 Å². The zero-order valence-corrected chi connectivity index (χ0v) is 24.9. The summed E-state index contributed by atoms with van der Waals surface area (Å²) in [6.07, 6.45) is -6.66. The summed E-state index contributed by atoms with van der Waals surface area (Å²) in [6.45, 7) is 0.501. The molecule has 0 saturated carbocycles. The zero-order valence-electron chi connectivity index (χ0n) is 23.2. The van der Waals surface area contributed by atoms with Crippen LogP contribution < -0.4 is 0 Å². The van der Waals surface area contributed by atoms with Crippen LogP contribution in [0.4, 0.5) is 4.39 Å². The van der Waals surface area contributed by atoms with Crippen LogP contribution >= 0.6 is 6.72 Å². The number of halogens is 1. The van der Waals surface area contributed by atoms with Crippen LogP contribution in [0, 0.1) is 6.92 Å². The van der Waals surface area contributed by atoms with E-state index in [-0.39, 0.29) is 16.7 Å². The number of nitrogens with zero attached hydrogens (tertiary/aromatic N) is 7. The molecule has 8 atom stereocenters. The number of aliphatic hydroxyl groups excluding tert-OH is 2. The molecular formula is C25H27FN7O9PS. The number of carbonyl (C=O) groups is 1. The normalized spacial score (nSPS) is 28.6. The second-order valence-corrected chi connectivity index (χ2v) is 12.8. The molecule has 2 fully saturated rings. The molecule has 44 heavy (non-hydrogen) atoms. The highest BCUT2D eigenvalue weighted by molar-refractivity contribution is 8.07. The monoisotopic (exact) mass is 651 g/mol. The van der Waals surface area contributed by atoms with Gasteiger partial charge in [0.15, 0.2) is 24.3 Å². The molecule has 5 heterocycles. The van der Waals surface area contributed by atoms with Gasteiger partial charge in [0.05, 0.1) is 43.4 Å². The second kappa shape index (κ2) is 11.9. The number of esters is 1. The molecule has 0 bridgehead atoms. The first-order valence-electron chi connectivity index (χ1n) is 13.2. The molecule has 6 rings (SSSR count). The molecular weight excluding hydrogens is 624 g/mol.